The van der Waals surface area contributed by atoms with Crippen molar-refractivity contribution < 1.29 is 28.9 Å². The Labute approximate surface area is 134 Å². The lowest BCUT2D eigenvalue weighted by molar-refractivity contribution is -0.128. The molecule has 0 spiro atoms. The third kappa shape index (κ3) is 4.67. The van der Waals surface area contributed by atoms with Crippen LogP contribution in [0.15, 0.2) is 18.2 Å². The first kappa shape index (κ1) is 17.2. The molecule has 2 N–H and O–H groups in total. The van der Waals surface area contributed by atoms with E-state index in [1.54, 1.807) is 6.92 Å². The van der Waals surface area contributed by atoms with Crippen LogP contribution in [-0.2, 0) is 14.3 Å². The molecule has 1 aliphatic rings. The third-order valence-corrected chi connectivity index (χ3v) is 3.62. The number of carboxylic acids is 1. The van der Waals surface area contributed by atoms with E-state index >= 15 is 0 Å². The fourth-order valence-corrected chi connectivity index (χ4v) is 2.29. The predicted octanol–water partition coefficient (Wildman–Crippen LogP) is 1.92. The van der Waals surface area contributed by atoms with Crippen LogP contribution in [0, 0.1) is 0 Å². The molecule has 23 heavy (non-hydrogen) atoms. The number of carbonyl (C=O) groups excluding carboxylic acids is 1. The number of carbonyl (C=O) groups is 2. The van der Waals surface area contributed by atoms with Gasteiger partial charge in [-0.3, -0.25) is 4.79 Å². The van der Waals surface area contributed by atoms with Gasteiger partial charge in [0.1, 0.15) is 17.4 Å². The zero-order valence-electron chi connectivity index (χ0n) is 13.2. The van der Waals surface area contributed by atoms with E-state index in [4.69, 9.17) is 19.3 Å². The Balaban J connectivity index is 1.92. The minimum Gasteiger partial charge on any atom is -0.496 e. The van der Waals surface area contributed by atoms with Crippen LogP contribution >= 0.6 is 0 Å². The molecule has 7 nitrogen and oxygen atoms in total. The highest BCUT2D eigenvalue weighted by Gasteiger charge is 2.20. The molecule has 1 amide bonds. The monoisotopic (exact) mass is 323 g/mol. The summed E-state index contributed by atoms with van der Waals surface area (Å²) in [4.78, 5) is 23.1. The summed E-state index contributed by atoms with van der Waals surface area (Å²) in [5, 5.41) is 11.7. The molecule has 1 fully saturated rings. The Morgan fingerprint density at radius 3 is 2.87 bits per heavy atom. The summed E-state index contributed by atoms with van der Waals surface area (Å²) in [5.41, 5.74) is 0.484. The standard InChI is InChI=1S/C16H21NO6/c1-10(23-9-12-4-3-7-22-12)15(18)17-11-5-6-13(16(19)20)14(8-11)21-2/h5-6,8,10,12H,3-4,7,9H2,1-2H3,(H,17,18)(H,19,20). The number of methoxy groups -OCH3 is 1. The molecule has 1 heterocycles. The number of ether oxygens (including phenoxy) is 3. The summed E-state index contributed by atoms with van der Waals surface area (Å²) in [6.45, 7) is 2.79. The summed E-state index contributed by atoms with van der Waals surface area (Å²) in [6, 6.07) is 4.36. The Morgan fingerprint density at radius 1 is 1.48 bits per heavy atom. The molecule has 0 saturated carbocycles. The average Bonchev–Trinajstić information content (AvgIpc) is 3.05. The fourth-order valence-electron chi connectivity index (χ4n) is 2.29. The molecule has 1 aromatic carbocycles. The minimum absolute atomic E-state index is 0.0354. The van der Waals surface area contributed by atoms with E-state index in [0.717, 1.165) is 19.4 Å². The number of anilines is 1. The summed E-state index contributed by atoms with van der Waals surface area (Å²) in [7, 11) is 1.38. The van der Waals surface area contributed by atoms with Gasteiger partial charge in [0, 0.05) is 18.4 Å². The van der Waals surface area contributed by atoms with E-state index in [1.165, 1.54) is 25.3 Å². The molecular formula is C16H21NO6. The van der Waals surface area contributed by atoms with E-state index in [9.17, 15) is 9.59 Å². The van der Waals surface area contributed by atoms with Crippen molar-refractivity contribution in [3.05, 3.63) is 23.8 Å². The van der Waals surface area contributed by atoms with Crippen LogP contribution in [0.3, 0.4) is 0 Å². The predicted molar refractivity (Wildman–Crippen MR) is 83.0 cm³/mol. The first-order valence-electron chi connectivity index (χ1n) is 7.46. The zero-order valence-corrected chi connectivity index (χ0v) is 13.2. The molecule has 126 valence electrons. The molecule has 0 bridgehead atoms. The van der Waals surface area contributed by atoms with Gasteiger partial charge in [0.25, 0.3) is 5.91 Å². The van der Waals surface area contributed by atoms with Gasteiger partial charge in [0.05, 0.1) is 19.8 Å². The summed E-state index contributed by atoms with van der Waals surface area (Å²) in [6.07, 6.45) is 1.39. The molecular weight excluding hydrogens is 302 g/mol. The Bertz CT molecular complexity index is 568. The fraction of sp³-hybridized carbons (Fsp3) is 0.500. The molecule has 7 heteroatoms. The van der Waals surface area contributed by atoms with Crippen molar-refractivity contribution in [2.24, 2.45) is 0 Å². The molecule has 0 aromatic heterocycles. The van der Waals surface area contributed by atoms with Gasteiger partial charge in [0.2, 0.25) is 0 Å². The van der Waals surface area contributed by atoms with Gasteiger partial charge in [-0.1, -0.05) is 0 Å². The van der Waals surface area contributed by atoms with E-state index in [2.05, 4.69) is 5.32 Å². The van der Waals surface area contributed by atoms with Crippen molar-refractivity contribution in [2.75, 3.05) is 25.6 Å². The maximum Gasteiger partial charge on any atom is 0.339 e. The van der Waals surface area contributed by atoms with Crippen molar-refractivity contribution >= 4 is 17.6 Å². The van der Waals surface area contributed by atoms with Crippen LogP contribution in [0.2, 0.25) is 0 Å². The molecule has 1 saturated heterocycles. The van der Waals surface area contributed by atoms with E-state index < -0.39 is 12.1 Å². The Kier molecular flexibility index (Phi) is 5.95. The molecule has 0 radical (unpaired) electrons. The van der Waals surface area contributed by atoms with Crippen LogP contribution < -0.4 is 10.1 Å². The average molecular weight is 323 g/mol. The molecule has 2 unspecified atom stereocenters. The highest BCUT2D eigenvalue weighted by atomic mass is 16.5. The normalized spacial score (nSPS) is 18.4. The molecule has 2 rings (SSSR count). The van der Waals surface area contributed by atoms with E-state index in [-0.39, 0.29) is 23.3 Å². The molecule has 1 aliphatic heterocycles. The SMILES string of the molecule is COc1cc(NC(=O)C(C)OCC2CCCO2)ccc1C(=O)O. The number of nitrogens with one attached hydrogen (secondary N) is 1. The van der Waals surface area contributed by atoms with Gasteiger partial charge >= 0.3 is 5.97 Å². The maximum atomic E-state index is 12.1. The van der Waals surface area contributed by atoms with Crippen LogP contribution in [0.25, 0.3) is 0 Å². The second-order valence-electron chi connectivity index (χ2n) is 5.32. The number of hydrogen-bond acceptors (Lipinski definition) is 5. The Morgan fingerprint density at radius 2 is 2.26 bits per heavy atom. The van der Waals surface area contributed by atoms with Gasteiger partial charge in [-0.15, -0.1) is 0 Å². The first-order chi connectivity index (χ1) is 11.0. The third-order valence-electron chi connectivity index (χ3n) is 3.62. The minimum atomic E-state index is -1.09. The van der Waals surface area contributed by atoms with Crippen LogP contribution in [-0.4, -0.2) is 49.5 Å². The summed E-state index contributed by atoms with van der Waals surface area (Å²) in [5.74, 6) is -1.22. The van der Waals surface area contributed by atoms with Gasteiger partial charge in [0.15, 0.2) is 0 Å². The number of benzene rings is 1. The van der Waals surface area contributed by atoms with Crippen LogP contribution in [0.1, 0.15) is 30.1 Å². The smallest absolute Gasteiger partial charge is 0.339 e. The van der Waals surface area contributed by atoms with Crippen molar-refractivity contribution in [1.29, 1.82) is 0 Å². The molecule has 1 aromatic rings. The van der Waals surface area contributed by atoms with Crippen LogP contribution in [0.5, 0.6) is 5.75 Å². The van der Waals surface area contributed by atoms with Crippen LogP contribution in [0.4, 0.5) is 5.69 Å². The van der Waals surface area contributed by atoms with E-state index in [0.29, 0.717) is 12.3 Å². The highest BCUT2D eigenvalue weighted by molar-refractivity contribution is 5.96. The number of aromatic carboxylic acids is 1. The molecule has 2 atom stereocenters. The first-order valence-corrected chi connectivity index (χ1v) is 7.46. The number of rotatable bonds is 7. The van der Waals surface area contributed by atoms with Crippen molar-refractivity contribution in [3.63, 3.8) is 0 Å². The van der Waals surface area contributed by atoms with Gasteiger partial charge in [-0.05, 0) is 31.9 Å². The van der Waals surface area contributed by atoms with Crippen molar-refractivity contribution in [2.45, 2.75) is 32.0 Å². The van der Waals surface area contributed by atoms with Crippen molar-refractivity contribution in [3.8, 4) is 5.75 Å². The second kappa shape index (κ2) is 7.94. The lowest BCUT2D eigenvalue weighted by Crippen LogP contribution is -2.30. The lowest BCUT2D eigenvalue weighted by Gasteiger charge is -2.16. The number of hydrogen-bond donors (Lipinski definition) is 2. The molecule has 0 aliphatic carbocycles. The highest BCUT2D eigenvalue weighted by Crippen LogP contribution is 2.23. The second-order valence-corrected chi connectivity index (χ2v) is 5.32. The summed E-state index contributed by atoms with van der Waals surface area (Å²) >= 11 is 0. The van der Waals surface area contributed by atoms with Gasteiger partial charge in [-0.2, -0.15) is 0 Å². The lowest BCUT2D eigenvalue weighted by atomic mass is 10.1. The number of carboxylic acid groups (broad SMARTS) is 1. The van der Waals surface area contributed by atoms with Crippen molar-refractivity contribution in [1.82, 2.24) is 0 Å². The number of amides is 1. The van der Waals surface area contributed by atoms with Gasteiger partial charge < -0.3 is 24.6 Å². The summed E-state index contributed by atoms with van der Waals surface area (Å²) < 4.78 is 16.0. The Hall–Kier alpha value is -2.12. The quantitative estimate of drug-likeness (QED) is 0.796. The van der Waals surface area contributed by atoms with E-state index in [1.807, 2.05) is 0 Å². The maximum absolute atomic E-state index is 12.1. The zero-order chi connectivity index (χ0) is 16.8. The largest absolute Gasteiger partial charge is 0.496 e. The topological polar surface area (TPSA) is 94.1 Å². The van der Waals surface area contributed by atoms with Gasteiger partial charge in [-0.25, -0.2) is 4.79 Å².